The second kappa shape index (κ2) is 9.82. The van der Waals surface area contributed by atoms with Gasteiger partial charge in [-0.15, -0.1) is 5.10 Å². The van der Waals surface area contributed by atoms with Crippen molar-refractivity contribution in [2.75, 3.05) is 14.2 Å². The fourth-order valence-electron chi connectivity index (χ4n) is 5.74. The van der Waals surface area contributed by atoms with E-state index in [4.69, 9.17) is 29.0 Å². The zero-order valence-electron chi connectivity index (χ0n) is 23.2. The Bertz CT molecular complexity index is 1930. The van der Waals surface area contributed by atoms with Crippen LogP contribution < -0.4 is 18.9 Å². The molecule has 6 aromatic rings. The van der Waals surface area contributed by atoms with Crippen molar-refractivity contribution in [1.82, 2.24) is 19.6 Å². The van der Waals surface area contributed by atoms with Crippen LogP contribution in [0, 0.1) is 13.8 Å². The van der Waals surface area contributed by atoms with E-state index < -0.39 is 0 Å². The van der Waals surface area contributed by atoms with Gasteiger partial charge in [-0.05, 0) is 59.5 Å². The predicted molar refractivity (Wildman–Crippen MR) is 156 cm³/mol. The topological polar surface area (TPSA) is 80.0 Å². The van der Waals surface area contributed by atoms with Crippen molar-refractivity contribution in [3.05, 3.63) is 113 Å². The summed E-state index contributed by atoms with van der Waals surface area (Å²) in [5.41, 5.74) is 5.66. The first-order valence-electron chi connectivity index (χ1n) is 13.4. The number of aromatic nitrogens is 4. The summed E-state index contributed by atoms with van der Waals surface area (Å²) >= 11 is 0. The van der Waals surface area contributed by atoms with Gasteiger partial charge in [0.05, 0.1) is 19.8 Å². The Morgan fingerprint density at radius 1 is 0.854 bits per heavy atom. The molecule has 8 nitrogen and oxygen atoms in total. The van der Waals surface area contributed by atoms with Gasteiger partial charge in [-0.25, -0.2) is 14.5 Å². The summed E-state index contributed by atoms with van der Waals surface area (Å²) in [6, 6.07) is 24.5. The van der Waals surface area contributed by atoms with Gasteiger partial charge in [0.1, 0.15) is 24.4 Å². The van der Waals surface area contributed by atoms with E-state index in [-0.39, 0.29) is 12.5 Å². The van der Waals surface area contributed by atoms with Crippen molar-refractivity contribution in [2.45, 2.75) is 26.4 Å². The molecule has 4 aromatic carbocycles. The maximum absolute atomic E-state index is 6.44. The van der Waals surface area contributed by atoms with Crippen LogP contribution in [0.15, 0.2) is 79.1 Å². The van der Waals surface area contributed by atoms with E-state index in [2.05, 4.69) is 29.2 Å². The molecular weight excluding hydrogens is 516 g/mol. The number of hydrogen-bond donors (Lipinski definition) is 0. The maximum Gasteiger partial charge on any atom is 0.228 e. The minimum atomic E-state index is -0.257. The fourth-order valence-corrected chi connectivity index (χ4v) is 5.74. The molecule has 41 heavy (non-hydrogen) atoms. The Morgan fingerprint density at radius 3 is 2.46 bits per heavy atom. The fraction of sp³-hybridized carbons (Fsp3) is 0.182. The third-order valence-electron chi connectivity index (χ3n) is 7.64. The molecule has 8 heteroatoms. The normalized spacial score (nSPS) is 13.9. The molecule has 0 saturated carbocycles. The molecule has 1 atom stereocenters. The summed E-state index contributed by atoms with van der Waals surface area (Å²) in [7, 11) is 3.28. The van der Waals surface area contributed by atoms with Gasteiger partial charge >= 0.3 is 0 Å². The first-order valence-corrected chi connectivity index (χ1v) is 13.4. The van der Waals surface area contributed by atoms with Crippen molar-refractivity contribution in [2.24, 2.45) is 0 Å². The Labute approximate surface area is 237 Å². The van der Waals surface area contributed by atoms with Crippen molar-refractivity contribution >= 4 is 16.4 Å². The lowest BCUT2D eigenvalue weighted by atomic mass is 9.81. The Hall–Kier alpha value is -5.11. The van der Waals surface area contributed by atoms with Crippen LogP contribution in [0.5, 0.6) is 28.9 Å². The Morgan fingerprint density at radius 2 is 1.66 bits per heavy atom. The maximum atomic E-state index is 6.44. The van der Waals surface area contributed by atoms with Crippen LogP contribution in [-0.4, -0.2) is 33.8 Å². The van der Waals surface area contributed by atoms with Gasteiger partial charge in [0, 0.05) is 11.5 Å². The largest absolute Gasteiger partial charge is 0.493 e. The molecule has 3 heterocycles. The van der Waals surface area contributed by atoms with Crippen LogP contribution in [0.1, 0.15) is 39.6 Å². The van der Waals surface area contributed by atoms with Crippen molar-refractivity contribution in [3.63, 3.8) is 0 Å². The van der Waals surface area contributed by atoms with Gasteiger partial charge in [0.25, 0.3) is 0 Å². The minimum absolute atomic E-state index is 0.226. The number of aryl methyl sites for hydroxylation is 2. The molecule has 0 radical (unpaired) electrons. The first-order chi connectivity index (χ1) is 20.1. The molecule has 0 unspecified atom stereocenters. The highest BCUT2D eigenvalue weighted by Gasteiger charge is 2.35. The summed E-state index contributed by atoms with van der Waals surface area (Å²) in [5.74, 6) is 3.69. The third-order valence-corrected chi connectivity index (χ3v) is 7.64. The summed E-state index contributed by atoms with van der Waals surface area (Å²) < 4.78 is 25.6. The summed E-state index contributed by atoms with van der Waals surface area (Å²) in [6.45, 7) is 4.29. The van der Waals surface area contributed by atoms with E-state index in [0.29, 0.717) is 28.9 Å². The van der Waals surface area contributed by atoms with E-state index in [9.17, 15) is 0 Å². The van der Waals surface area contributed by atoms with E-state index in [0.717, 1.165) is 50.1 Å². The number of para-hydroxylation sites is 1. The molecule has 0 N–H and O–H groups in total. The summed E-state index contributed by atoms with van der Waals surface area (Å²) in [6.07, 6.45) is 1.64. The first kappa shape index (κ1) is 24.9. The van der Waals surface area contributed by atoms with Crippen LogP contribution in [0.3, 0.4) is 0 Å². The lowest BCUT2D eigenvalue weighted by Crippen LogP contribution is -2.15. The molecule has 0 saturated heterocycles. The molecule has 1 aliphatic rings. The molecular formula is C33H28N4O4. The van der Waals surface area contributed by atoms with Crippen LogP contribution in [0.25, 0.3) is 16.4 Å². The molecule has 7 rings (SSSR count). The zero-order chi connectivity index (χ0) is 28.1. The van der Waals surface area contributed by atoms with E-state index in [1.165, 1.54) is 0 Å². The number of rotatable bonds is 6. The number of hydrogen-bond acceptors (Lipinski definition) is 7. The zero-order valence-corrected chi connectivity index (χ0v) is 23.2. The van der Waals surface area contributed by atoms with Crippen LogP contribution in [0.2, 0.25) is 0 Å². The van der Waals surface area contributed by atoms with Gasteiger partial charge in [0.2, 0.25) is 5.88 Å². The van der Waals surface area contributed by atoms with Crippen molar-refractivity contribution < 1.29 is 18.9 Å². The quantitative estimate of drug-likeness (QED) is 0.228. The average molecular weight is 545 g/mol. The highest BCUT2D eigenvalue weighted by atomic mass is 16.5. The lowest BCUT2D eigenvalue weighted by Gasteiger charge is -2.29. The van der Waals surface area contributed by atoms with E-state index >= 15 is 0 Å². The standard InChI is InChI=1S/C33H28N4O4/c1-19-8-7-9-20(2)31(19)40-17-27-35-32-30-28(22-13-14-24(38-3)26(16-22)39-4)29-23-11-6-5-10-21(23)12-15-25(29)41-33(30)34-18-37(32)36-27/h5-16,18,28H,17H2,1-4H3/t28-/m1/s1. The number of nitrogens with zero attached hydrogens (tertiary/aromatic N) is 4. The lowest BCUT2D eigenvalue weighted by molar-refractivity contribution is 0.292. The monoisotopic (exact) mass is 544 g/mol. The molecule has 204 valence electrons. The van der Waals surface area contributed by atoms with Crippen molar-refractivity contribution in [1.29, 1.82) is 0 Å². The predicted octanol–water partition coefficient (Wildman–Crippen LogP) is 6.78. The highest BCUT2D eigenvalue weighted by Crippen LogP contribution is 2.51. The SMILES string of the molecule is COc1ccc([C@@H]2c3c(ccc4ccccc34)Oc3ncn4nc(COc5c(C)cccc5C)nc4c32)cc1OC. The van der Waals surface area contributed by atoms with Crippen LogP contribution >= 0.6 is 0 Å². The smallest absolute Gasteiger partial charge is 0.228 e. The van der Waals surface area contributed by atoms with Crippen molar-refractivity contribution in [3.8, 4) is 28.9 Å². The van der Waals surface area contributed by atoms with Gasteiger partial charge in [-0.2, -0.15) is 0 Å². The number of fused-ring (bicyclic) bond motifs is 6. The second-order valence-electron chi connectivity index (χ2n) is 10.1. The number of methoxy groups -OCH3 is 2. The van der Waals surface area contributed by atoms with Gasteiger partial charge in [-0.1, -0.05) is 54.6 Å². The van der Waals surface area contributed by atoms with Crippen LogP contribution in [-0.2, 0) is 6.61 Å². The summed E-state index contributed by atoms with van der Waals surface area (Å²) in [5, 5.41) is 6.93. The van der Waals surface area contributed by atoms with Gasteiger partial charge in [0.15, 0.2) is 23.0 Å². The Kier molecular flexibility index (Phi) is 5.96. The molecule has 0 fully saturated rings. The molecule has 0 amide bonds. The third kappa shape index (κ3) is 4.10. The van der Waals surface area contributed by atoms with Gasteiger partial charge < -0.3 is 18.9 Å². The average Bonchev–Trinajstić information content (AvgIpc) is 3.42. The summed E-state index contributed by atoms with van der Waals surface area (Å²) in [4.78, 5) is 9.64. The number of ether oxygens (including phenoxy) is 4. The molecule has 0 bridgehead atoms. The number of benzene rings is 4. The van der Waals surface area contributed by atoms with E-state index in [1.807, 2.05) is 62.4 Å². The molecule has 0 aliphatic carbocycles. The molecule has 2 aromatic heterocycles. The van der Waals surface area contributed by atoms with Crippen LogP contribution in [0.4, 0.5) is 0 Å². The van der Waals surface area contributed by atoms with Gasteiger partial charge in [-0.3, -0.25) is 0 Å². The molecule has 0 spiro atoms. The highest BCUT2D eigenvalue weighted by molar-refractivity contribution is 5.91. The van der Waals surface area contributed by atoms with E-state index in [1.54, 1.807) is 25.1 Å². The minimum Gasteiger partial charge on any atom is -0.493 e. The molecule has 1 aliphatic heterocycles. The second-order valence-corrected chi connectivity index (χ2v) is 10.1. The Balaban J connectivity index is 1.41.